The van der Waals surface area contributed by atoms with Crippen LogP contribution in [-0.2, 0) is 0 Å². The van der Waals surface area contributed by atoms with Crippen LogP contribution in [0.5, 0.6) is 0 Å². The van der Waals surface area contributed by atoms with E-state index in [4.69, 9.17) is 0 Å². The van der Waals surface area contributed by atoms with Crippen molar-refractivity contribution in [2.75, 3.05) is 0 Å². The van der Waals surface area contributed by atoms with Gasteiger partial charge in [-0.05, 0) is 0 Å². The summed E-state index contributed by atoms with van der Waals surface area (Å²) in [7, 11) is 0. The van der Waals surface area contributed by atoms with E-state index in [9.17, 15) is 0 Å². The van der Waals surface area contributed by atoms with Crippen LogP contribution in [0.25, 0.3) is 0 Å². The summed E-state index contributed by atoms with van der Waals surface area (Å²) in [4.78, 5) is 4.00. The number of nitrogens with zero attached hydrogens (tertiary/aromatic N) is 1. The fourth-order valence-electron chi connectivity index (χ4n) is 0.986. The second kappa shape index (κ2) is 4.37. The molecule has 0 saturated heterocycles. The normalized spacial score (nSPS) is 9.58. The van der Waals surface area contributed by atoms with Crippen LogP contribution in [0.15, 0.2) is 29.3 Å². The molecule has 0 spiro atoms. The molecule has 1 aromatic carbocycles. The fraction of sp³-hybridized carbons (Fsp3) is 0.300. The van der Waals surface area contributed by atoms with E-state index in [0.29, 0.717) is 5.92 Å². The molecule has 1 nitrogen and oxygen atoms in total. The fourth-order valence-corrected chi connectivity index (χ4v) is 1.21. The number of benzene rings is 1. The Bertz CT molecular complexity index is 294. The number of rotatable bonds is 2. The summed E-state index contributed by atoms with van der Waals surface area (Å²) < 4.78 is 2.63. The molecule has 0 saturated carbocycles. The number of hydrogen-bond acceptors (Lipinski definition) is 1. The van der Waals surface area contributed by atoms with Crippen molar-refractivity contribution in [2.24, 2.45) is 4.99 Å². The zero-order chi connectivity index (χ0) is 8.97. The molecule has 0 N–H and O–H groups in total. The van der Waals surface area contributed by atoms with Gasteiger partial charge in [-0.15, -0.1) is 0 Å². The number of hydrogen-bond donors (Lipinski definition) is 0. The number of aliphatic imine (C=N–C) groups is 1. The van der Waals surface area contributed by atoms with Gasteiger partial charge in [-0.25, -0.2) is 0 Å². The van der Waals surface area contributed by atoms with E-state index in [2.05, 4.69) is 51.3 Å². The van der Waals surface area contributed by atoms with E-state index < -0.39 is 0 Å². The van der Waals surface area contributed by atoms with E-state index in [1.165, 1.54) is 5.56 Å². The molecule has 0 atom stereocenters. The zero-order valence-electron chi connectivity index (χ0n) is 7.24. The van der Waals surface area contributed by atoms with E-state index in [1.54, 1.807) is 0 Å². The average Bonchev–Trinajstić information content (AvgIpc) is 2.06. The summed E-state index contributed by atoms with van der Waals surface area (Å²) in [6.45, 7) is 4.36. The molecule has 0 aliphatic heterocycles. The van der Waals surface area contributed by atoms with E-state index in [1.807, 2.05) is 12.1 Å². The van der Waals surface area contributed by atoms with Crippen molar-refractivity contribution < 1.29 is 0 Å². The third kappa shape index (κ3) is 2.42. The Morgan fingerprint density at radius 1 is 1.25 bits per heavy atom. The van der Waals surface area contributed by atoms with Crippen molar-refractivity contribution in [3.05, 3.63) is 29.8 Å². The molecule has 0 bridgehead atoms. The van der Waals surface area contributed by atoms with Crippen molar-refractivity contribution in [3.8, 4) is 0 Å². The SMILES string of the molecule is CC(C)c1ccc(N=C=[Se])cc1. The van der Waals surface area contributed by atoms with Crippen molar-refractivity contribution in [3.63, 3.8) is 0 Å². The topological polar surface area (TPSA) is 12.4 Å². The van der Waals surface area contributed by atoms with E-state index >= 15 is 0 Å². The van der Waals surface area contributed by atoms with E-state index in [0.717, 1.165) is 5.69 Å². The van der Waals surface area contributed by atoms with Crippen molar-refractivity contribution in [1.82, 2.24) is 0 Å². The maximum atomic E-state index is 4.00. The monoisotopic (exact) mass is 225 g/mol. The maximum absolute atomic E-state index is 4.00. The Labute approximate surface area is 80.9 Å². The van der Waals surface area contributed by atoms with Crippen molar-refractivity contribution >= 4 is 26.0 Å². The van der Waals surface area contributed by atoms with Gasteiger partial charge in [0.2, 0.25) is 0 Å². The van der Waals surface area contributed by atoms with Crippen LogP contribution in [0.2, 0.25) is 0 Å². The van der Waals surface area contributed by atoms with Gasteiger partial charge in [-0.3, -0.25) is 0 Å². The molecule has 2 heteroatoms. The summed E-state index contributed by atoms with van der Waals surface area (Å²) >= 11 is 2.61. The van der Waals surface area contributed by atoms with Gasteiger partial charge in [-0.1, -0.05) is 0 Å². The van der Waals surface area contributed by atoms with Crippen LogP contribution < -0.4 is 0 Å². The van der Waals surface area contributed by atoms with Crippen LogP contribution in [0, 0.1) is 0 Å². The summed E-state index contributed by atoms with van der Waals surface area (Å²) in [6, 6.07) is 8.20. The van der Waals surface area contributed by atoms with E-state index in [-0.39, 0.29) is 0 Å². The summed E-state index contributed by atoms with van der Waals surface area (Å²) in [5, 5.41) is 0. The first-order valence-corrected chi connectivity index (χ1v) is 4.77. The summed E-state index contributed by atoms with van der Waals surface area (Å²) in [5.74, 6) is 0.584. The molecule has 0 amide bonds. The van der Waals surface area contributed by atoms with Crippen molar-refractivity contribution in [2.45, 2.75) is 19.8 Å². The Balaban J connectivity index is 2.92. The third-order valence-electron chi connectivity index (χ3n) is 1.73. The van der Waals surface area contributed by atoms with Gasteiger partial charge in [0.05, 0.1) is 0 Å². The Morgan fingerprint density at radius 3 is 2.25 bits per heavy atom. The molecular formula is C10H11NSe. The predicted octanol–water partition coefficient (Wildman–Crippen LogP) is 2.52. The molecule has 0 aliphatic carbocycles. The minimum atomic E-state index is 0.584. The third-order valence-corrected chi connectivity index (χ3v) is 1.93. The molecule has 62 valence electrons. The molecular weight excluding hydrogens is 213 g/mol. The van der Waals surface area contributed by atoms with Gasteiger partial charge in [0.15, 0.2) is 0 Å². The van der Waals surface area contributed by atoms with Gasteiger partial charge in [0, 0.05) is 0 Å². The first-order valence-electron chi connectivity index (χ1n) is 3.92. The first-order chi connectivity index (χ1) is 5.74. The van der Waals surface area contributed by atoms with Crippen LogP contribution in [0.1, 0.15) is 25.3 Å². The second-order valence-electron chi connectivity index (χ2n) is 2.95. The second-order valence-corrected chi connectivity index (χ2v) is 3.33. The molecule has 0 aromatic heterocycles. The molecule has 0 aliphatic rings. The van der Waals surface area contributed by atoms with Crippen LogP contribution in [-0.4, -0.2) is 20.3 Å². The van der Waals surface area contributed by atoms with Gasteiger partial charge in [0.1, 0.15) is 0 Å². The van der Waals surface area contributed by atoms with Gasteiger partial charge in [0.25, 0.3) is 0 Å². The van der Waals surface area contributed by atoms with Crippen LogP contribution in [0.4, 0.5) is 5.69 Å². The quantitative estimate of drug-likeness (QED) is 0.540. The molecule has 0 heterocycles. The van der Waals surface area contributed by atoms with Gasteiger partial charge >= 0.3 is 80.6 Å². The van der Waals surface area contributed by atoms with Crippen molar-refractivity contribution in [1.29, 1.82) is 0 Å². The Morgan fingerprint density at radius 2 is 1.83 bits per heavy atom. The molecule has 1 aromatic rings. The zero-order valence-corrected chi connectivity index (χ0v) is 8.96. The average molecular weight is 224 g/mol. The predicted molar refractivity (Wildman–Crippen MR) is 53.4 cm³/mol. The van der Waals surface area contributed by atoms with Gasteiger partial charge in [-0.2, -0.15) is 0 Å². The summed E-state index contributed by atoms with van der Waals surface area (Å²) in [6.07, 6.45) is 0. The molecule has 12 heavy (non-hydrogen) atoms. The van der Waals surface area contributed by atoms with Gasteiger partial charge < -0.3 is 0 Å². The molecule has 0 fully saturated rings. The standard InChI is InChI=1S/C10H11NSe/c1-8(2)9-3-5-10(6-4-9)11-7-12/h3-6,8H,1-2H3. The van der Waals surface area contributed by atoms with Crippen LogP contribution in [0.3, 0.4) is 0 Å². The first kappa shape index (κ1) is 9.41. The Hall–Kier alpha value is -0.681. The summed E-state index contributed by atoms with van der Waals surface area (Å²) in [5.41, 5.74) is 2.28. The van der Waals surface area contributed by atoms with Crippen LogP contribution >= 0.6 is 0 Å². The Kier molecular flexibility index (Phi) is 3.43. The minimum absolute atomic E-state index is 0.584. The molecule has 0 radical (unpaired) electrons. The molecule has 1 rings (SSSR count). The molecule has 0 unspecified atom stereocenters.